The van der Waals surface area contributed by atoms with Crippen LogP contribution in [0.1, 0.15) is 25.5 Å². The van der Waals surface area contributed by atoms with Gasteiger partial charge in [-0.25, -0.2) is 4.98 Å². The summed E-state index contributed by atoms with van der Waals surface area (Å²) in [5.74, 6) is 0. The maximum atomic E-state index is 5.41. The van der Waals surface area contributed by atoms with Crippen LogP contribution in [-0.4, -0.2) is 22.6 Å². The maximum Gasteiger partial charge on any atom is 0.0948 e. The fraction of sp³-hybridized carbons (Fsp3) is 0.700. The number of aromatic nitrogens is 2. The first-order valence-electron chi connectivity index (χ1n) is 5.28. The van der Waals surface area contributed by atoms with Gasteiger partial charge < -0.3 is 15.6 Å². The molecule has 0 aliphatic heterocycles. The van der Waals surface area contributed by atoms with Crippen LogP contribution in [0.25, 0.3) is 0 Å². The van der Waals surface area contributed by atoms with E-state index in [-0.39, 0.29) is 0 Å². The van der Waals surface area contributed by atoms with Crippen LogP contribution in [-0.2, 0) is 13.1 Å². The quantitative estimate of drug-likeness (QED) is 0.632. The van der Waals surface area contributed by atoms with Crippen molar-refractivity contribution in [3.8, 4) is 0 Å². The summed E-state index contributed by atoms with van der Waals surface area (Å²) in [5.41, 5.74) is 6.66. The van der Waals surface area contributed by atoms with Crippen LogP contribution in [0.3, 0.4) is 0 Å². The molecule has 3 N–H and O–H groups in total. The van der Waals surface area contributed by atoms with E-state index < -0.39 is 0 Å². The molecule has 0 atom stereocenters. The van der Waals surface area contributed by atoms with Gasteiger partial charge in [-0.1, -0.05) is 6.92 Å². The number of imidazole rings is 1. The topological polar surface area (TPSA) is 55.9 Å². The van der Waals surface area contributed by atoms with Crippen LogP contribution >= 0.6 is 0 Å². The summed E-state index contributed by atoms with van der Waals surface area (Å²) >= 11 is 0. The Morgan fingerprint density at radius 3 is 3.14 bits per heavy atom. The summed E-state index contributed by atoms with van der Waals surface area (Å²) < 4.78 is 2.19. The average Bonchev–Trinajstić information content (AvgIpc) is 2.61. The van der Waals surface area contributed by atoms with E-state index in [9.17, 15) is 0 Å². The van der Waals surface area contributed by atoms with Crippen molar-refractivity contribution in [2.45, 2.75) is 32.9 Å². The smallest absolute Gasteiger partial charge is 0.0948 e. The van der Waals surface area contributed by atoms with Gasteiger partial charge in [-0.15, -0.1) is 0 Å². The van der Waals surface area contributed by atoms with Crippen LogP contribution in [0.2, 0.25) is 0 Å². The summed E-state index contributed by atoms with van der Waals surface area (Å²) in [6, 6.07) is 0. The monoisotopic (exact) mass is 196 g/mol. The van der Waals surface area contributed by atoms with Gasteiger partial charge >= 0.3 is 0 Å². The van der Waals surface area contributed by atoms with E-state index in [1.807, 2.05) is 12.5 Å². The zero-order valence-corrected chi connectivity index (χ0v) is 8.87. The van der Waals surface area contributed by atoms with E-state index in [0.717, 1.165) is 39.0 Å². The minimum atomic E-state index is 0.751. The van der Waals surface area contributed by atoms with Gasteiger partial charge in [0.25, 0.3) is 0 Å². The third-order valence-electron chi connectivity index (χ3n) is 2.13. The first-order valence-corrected chi connectivity index (χ1v) is 5.28. The highest BCUT2D eigenvalue weighted by molar-refractivity contribution is 4.97. The molecular formula is C10H20N4. The normalized spacial score (nSPS) is 10.7. The largest absolute Gasteiger partial charge is 0.333 e. The predicted molar refractivity (Wildman–Crippen MR) is 57.9 cm³/mol. The van der Waals surface area contributed by atoms with Crippen LogP contribution in [0.15, 0.2) is 12.5 Å². The zero-order chi connectivity index (χ0) is 10.2. The number of nitrogens with zero attached hydrogens (tertiary/aromatic N) is 2. The van der Waals surface area contributed by atoms with Crippen molar-refractivity contribution in [2.24, 2.45) is 5.73 Å². The van der Waals surface area contributed by atoms with Crippen LogP contribution in [0, 0.1) is 0 Å². The van der Waals surface area contributed by atoms with Crippen molar-refractivity contribution < 1.29 is 0 Å². The second-order valence-corrected chi connectivity index (χ2v) is 3.40. The molecular weight excluding hydrogens is 176 g/mol. The standard InChI is InChI=1S/C10H20N4/c1-2-6-14-9-13-8-10(14)7-12-5-3-4-11/h8-9,12H,2-7,11H2,1H3. The fourth-order valence-electron chi connectivity index (χ4n) is 1.38. The summed E-state index contributed by atoms with van der Waals surface area (Å²) in [4.78, 5) is 4.14. The molecule has 0 bridgehead atoms. The molecule has 4 heteroatoms. The lowest BCUT2D eigenvalue weighted by Crippen LogP contribution is -2.19. The lowest BCUT2D eigenvalue weighted by Gasteiger charge is -2.07. The minimum Gasteiger partial charge on any atom is -0.333 e. The van der Waals surface area contributed by atoms with Crippen molar-refractivity contribution in [1.29, 1.82) is 0 Å². The molecule has 80 valence electrons. The van der Waals surface area contributed by atoms with Crippen LogP contribution in [0.4, 0.5) is 0 Å². The van der Waals surface area contributed by atoms with Crippen molar-refractivity contribution in [1.82, 2.24) is 14.9 Å². The highest BCUT2D eigenvalue weighted by Crippen LogP contribution is 1.99. The molecule has 0 aliphatic rings. The molecule has 0 saturated carbocycles. The van der Waals surface area contributed by atoms with Gasteiger partial charge in [0.1, 0.15) is 0 Å². The van der Waals surface area contributed by atoms with Gasteiger partial charge in [0, 0.05) is 19.3 Å². The molecule has 0 radical (unpaired) electrons. The molecule has 0 saturated heterocycles. The number of hydrogen-bond acceptors (Lipinski definition) is 3. The van der Waals surface area contributed by atoms with Crippen molar-refractivity contribution >= 4 is 0 Å². The summed E-state index contributed by atoms with van der Waals surface area (Å²) in [7, 11) is 0. The zero-order valence-electron chi connectivity index (χ0n) is 8.87. The first-order chi connectivity index (χ1) is 6.88. The van der Waals surface area contributed by atoms with E-state index >= 15 is 0 Å². The highest BCUT2D eigenvalue weighted by Gasteiger charge is 1.99. The molecule has 0 amide bonds. The van der Waals surface area contributed by atoms with E-state index in [2.05, 4.69) is 21.8 Å². The average molecular weight is 196 g/mol. The van der Waals surface area contributed by atoms with E-state index in [4.69, 9.17) is 5.73 Å². The minimum absolute atomic E-state index is 0.751. The third-order valence-corrected chi connectivity index (χ3v) is 2.13. The molecule has 0 fully saturated rings. The number of aryl methyl sites for hydroxylation is 1. The Balaban J connectivity index is 2.30. The number of nitrogens with one attached hydrogen (secondary N) is 1. The Bertz CT molecular complexity index is 244. The number of rotatable bonds is 7. The molecule has 1 aromatic rings. The van der Waals surface area contributed by atoms with Gasteiger partial charge in [0.2, 0.25) is 0 Å². The van der Waals surface area contributed by atoms with Crippen LogP contribution in [0.5, 0.6) is 0 Å². The van der Waals surface area contributed by atoms with E-state index in [1.54, 1.807) is 0 Å². The Kier molecular flexibility index (Phi) is 5.25. The Hall–Kier alpha value is -0.870. The molecule has 0 spiro atoms. The Morgan fingerprint density at radius 2 is 2.43 bits per heavy atom. The Labute approximate surface area is 85.5 Å². The van der Waals surface area contributed by atoms with E-state index in [0.29, 0.717) is 0 Å². The lowest BCUT2D eigenvalue weighted by molar-refractivity contribution is 0.592. The molecule has 0 aliphatic carbocycles. The van der Waals surface area contributed by atoms with Crippen molar-refractivity contribution in [2.75, 3.05) is 13.1 Å². The molecule has 4 nitrogen and oxygen atoms in total. The van der Waals surface area contributed by atoms with Gasteiger partial charge in [0.15, 0.2) is 0 Å². The van der Waals surface area contributed by atoms with Gasteiger partial charge in [0.05, 0.1) is 12.0 Å². The molecule has 14 heavy (non-hydrogen) atoms. The SMILES string of the molecule is CCCn1cncc1CNCCCN. The van der Waals surface area contributed by atoms with Gasteiger partial charge in [-0.2, -0.15) is 0 Å². The summed E-state index contributed by atoms with van der Waals surface area (Å²) in [5, 5.41) is 3.35. The molecule has 0 aromatic carbocycles. The molecule has 1 rings (SSSR count). The highest BCUT2D eigenvalue weighted by atomic mass is 15.1. The van der Waals surface area contributed by atoms with Crippen LogP contribution < -0.4 is 11.1 Å². The molecule has 0 unspecified atom stereocenters. The summed E-state index contributed by atoms with van der Waals surface area (Å²) in [6.45, 7) is 5.84. The van der Waals surface area contributed by atoms with Gasteiger partial charge in [-0.3, -0.25) is 0 Å². The summed E-state index contributed by atoms with van der Waals surface area (Å²) in [6.07, 6.45) is 5.99. The molecule has 1 aromatic heterocycles. The maximum absolute atomic E-state index is 5.41. The van der Waals surface area contributed by atoms with Crippen molar-refractivity contribution in [3.05, 3.63) is 18.2 Å². The second-order valence-electron chi connectivity index (χ2n) is 3.40. The second kappa shape index (κ2) is 6.56. The van der Waals surface area contributed by atoms with Gasteiger partial charge in [-0.05, 0) is 25.9 Å². The number of hydrogen-bond donors (Lipinski definition) is 2. The lowest BCUT2D eigenvalue weighted by atomic mass is 10.4. The fourth-order valence-corrected chi connectivity index (χ4v) is 1.38. The van der Waals surface area contributed by atoms with E-state index in [1.165, 1.54) is 5.69 Å². The first kappa shape index (κ1) is 11.2. The van der Waals surface area contributed by atoms with Crippen molar-refractivity contribution in [3.63, 3.8) is 0 Å². The third kappa shape index (κ3) is 3.47. The molecule has 1 heterocycles. The number of nitrogens with two attached hydrogens (primary N) is 1. The Morgan fingerprint density at radius 1 is 1.57 bits per heavy atom. The predicted octanol–water partition coefficient (Wildman–Crippen LogP) is 0.732.